The number of carbonyl (C=O) groups is 1. The Hall–Kier alpha value is -1.56. The number of aromatic nitrogens is 1. The largest absolute Gasteiger partial charge is 0.466 e. The predicted octanol–water partition coefficient (Wildman–Crippen LogP) is 2.28. The van der Waals surface area contributed by atoms with Gasteiger partial charge in [0.2, 0.25) is 0 Å². The predicted molar refractivity (Wildman–Crippen MR) is 66.5 cm³/mol. The second kappa shape index (κ2) is 4.75. The first kappa shape index (κ1) is 11.9. The normalized spacial score (nSPS) is 10.7. The Balaban J connectivity index is 2.41. The lowest BCUT2D eigenvalue weighted by Gasteiger charge is -2.01. The van der Waals surface area contributed by atoms with Crippen molar-refractivity contribution in [1.29, 1.82) is 0 Å². The molecule has 0 bridgehead atoms. The monoisotopic (exact) mass is 298 g/mol. The summed E-state index contributed by atoms with van der Waals surface area (Å²) in [4.78, 5) is 11.4. The minimum absolute atomic E-state index is 0.0723. The molecule has 5 nitrogen and oxygen atoms in total. The molecule has 0 aliphatic heterocycles. The lowest BCUT2D eigenvalue weighted by atomic mass is 10.1. The fourth-order valence-electron chi connectivity index (χ4n) is 1.54. The highest BCUT2D eigenvalue weighted by Crippen LogP contribution is 2.32. The molecule has 0 atom stereocenters. The molecule has 0 saturated heterocycles. The van der Waals surface area contributed by atoms with Gasteiger partial charge in [-0.3, -0.25) is 4.79 Å². The highest BCUT2D eigenvalue weighted by Gasteiger charge is 2.16. The van der Waals surface area contributed by atoms with Gasteiger partial charge in [0.25, 0.3) is 0 Å². The number of rotatable bonds is 3. The van der Waals surface area contributed by atoms with Crippen molar-refractivity contribution < 1.29 is 14.1 Å². The fourth-order valence-corrected chi connectivity index (χ4v) is 2.10. The molecule has 0 amide bonds. The van der Waals surface area contributed by atoms with Crippen molar-refractivity contribution in [1.82, 2.24) is 5.16 Å². The molecule has 1 aromatic carbocycles. The highest BCUT2D eigenvalue weighted by atomic mass is 79.9. The Morgan fingerprint density at radius 1 is 1.59 bits per heavy atom. The van der Waals surface area contributed by atoms with Crippen LogP contribution in [0, 0.1) is 0 Å². The van der Waals surface area contributed by atoms with E-state index in [2.05, 4.69) is 21.1 Å². The number of fused-ring (bicyclic) bond motifs is 1. The van der Waals surface area contributed by atoms with E-state index in [1.54, 1.807) is 19.1 Å². The van der Waals surface area contributed by atoms with Crippen molar-refractivity contribution in [2.45, 2.75) is 13.3 Å². The zero-order chi connectivity index (χ0) is 12.4. The number of halogens is 1. The van der Waals surface area contributed by atoms with Crippen molar-refractivity contribution in [2.24, 2.45) is 0 Å². The zero-order valence-electron chi connectivity index (χ0n) is 9.20. The van der Waals surface area contributed by atoms with E-state index in [4.69, 9.17) is 15.0 Å². The standard InChI is InChI=1S/C11H11BrN2O3/c1-2-16-9(15)5-7-10-8(17-14-7)4-3-6(13)11(10)12/h3-4H,2,5,13H2,1H3. The summed E-state index contributed by atoms with van der Waals surface area (Å²) < 4.78 is 10.7. The SMILES string of the molecule is CCOC(=O)Cc1noc2ccc(N)c(Br)c12. The van der Waals surface area contributed by atoms with Crippen molar-refractivity contribution in [3.63, 3.8) is 0 Å². The number of hydrogen-bond acceptors (Lipinski definition) is 5. The van der Waals surface area contributed by atoms with E-state index in [9.17, 15) is 4.79 Å². The molecule has 1 aromatic heterocycles. The third kappa shape index (κ3) is 2.26. The smallest absolute Gasteiger partial charge is 0.312 e. The van der Waals surface area contributed by atoms with Gasteiger partial charge in [-0.1, -0.05) is 5.16 Å². The maximum Gasteiger partial charge on any atom is 0.312 e. The van der Waals surface area contributed by atoms with Gasteiger partial charge in [0, 0.05) is 5.69 Å². The lowest BCUT2D eigenvalue weighted by molar-refractivity contribution is -0.142. The number of nitrogen functional groups attached to an aromatic ring is 1. The maximum absolute atomic E-state index is 11.4. The van der Waals surface area contributed by atoms with Gasteiger partial charge >= 0.3 is 5.97 Å². The number of esters is 1. The van der Waals surface area contributed by atoms with Crippen LogP contribution in [0.5, 0.6) is 0 Å². The molecule has 2 rings (SSSR count). The number of nitrogens with zero attached hydrogens (tertiary/aromatic N) is 1. The molecule has 0 aliphatic rings. The molecule has 90 valence electrons. The van der Waals surface area contributed by atoms with E-state index in [1.165, 1.54) is 0 Å². The second-order valence-electron chi connectivity index (χ2n) is 3.45. The molecule has 0 radical (unpaired) electrons. The number of hydrogen-bond donors (Lipinski definition) is 1. The van der Waals surface area contributed by atoms with E-state index in [1.807, 2.05) is 0 Å². The van der Waals surface area contributed by atoms with Crippen molar-refractivity contribution in [3.05, 3.63) is 22.3 Å². The van der Waals surface area contributed by atoms with Crippen LogP contribution < -0.4 is 5.73 Å². The zero-order valence-corrected chi connectivity index (χ0v) is 10.8. The molecule has 17 heavy (non-hydrogen) atoms. The second-order valence-corrected chi connectivity index (χ2v) is 4.25. The minimum atomic E-state index is -0.336. The van der Waals surface area contributed by atoms with Crippen molar-refractivity contribution in [3.8, 4) is 0 Å². The first-order valence-corrected chi connectivity index (χ1v) is 5.90. The molecule has 0 unspecified atom stereocenters. The summed E-state index contributed by atoms with van der Waals surface area (Å²) >= 11 is 3.36. The van der Waals surface area contributed by atoms with Gasteiger partial charge in [-0.25, -0.2) is 0 Å². The van der Waals surface area contributed by atoms with Gasteiger partial charge in [-0.2, -0.15) is 0 Å². The Morgan fingerprint density at radius 2 is 2.35 bits per heavy atom. The van der Waals surface area contributed by atoms with Gasteiger partial charge in [0.15, 0.2) is 5.58 Å². The van der Waals surface area contributed by atoms with Crippen LogP contribution in [-0.4, -0.2) is 17.7 Å². The van der Waals surface area contributed by atoms with Crippen LogP contribution in [0.25, 0.3) is 11.0 Å². The third-order valence-corrected chi connectivity index (χ3v) is 3.15. The number of ether oxygens (including phenoxy) is 1. The molecule has 1 heterocycles. The molecule has 6 heteroatoms. The van der Waals surface area contributed by atoms with Crippen LogP contribution in [0.4, 0.5) is 5.69 Å². The Labute approximate surface area is 106 Å². The number of carbonyl (C=O) groups excluding carboxylic acids is 1. The summed E-state index contributed by atoms with van der Waals surface area (Å²) in [6.07, 6.45) is 0.0723. The molecule has 0 spiro atoms. The number of anilines is 1. The summed E-state index contributed by atoms with van der Waals surface area (Å²) in [5.41, 5.74) is 7.46. The minimum Gasteiger partial charge on any atom is -0.466 e. The summed E-state index contributed by atoms with van der Waals surface area (Å²) in [7, 11) is 0. The van der Waals surface area contributed by atoms with Gasteiger partial charge in [0.05, 0.1) is 22.9 Å². The van der Waals surface area contributed by atoms with Crippen molar-refractivity contribution in [2.75, 3.05) is 12.3 Å². The Kier molecular flexibility index (Phi) is 3.33. The average molecular weight is 299 g/mol. The van der Waals surface area contributed by atoms with Crippen LogP contribution in [0.15, 0.2) is 21.1 Å². The van der Waals surface area contributed by atoms with Crippen LogP contribution in [0.1, 0.15) is 12.6 Å². The van der Waals surface area contributed by atoms with E-state index in [-0.39, 0.29) is 12.4 Å². The molecule has 2 aromatic rings. The first-order valence-electron chi connectivity index (χ1n) is 5.11. The van der Waals surface area contributed by atoms with E-state index in [0.717, 1.165) is 5.39 Å². The summed E-state index contributed by atoms with van der Waals surface area (Å²) in [6.45, 7) is 2.10. The first-order chi connectivity index (χ1) is 8.13. The van der Waals surface area contributed by atoms with Crippen molar-refractivity contribution >= 4 is 38.6 Å². The number of nitrogens with two attached hydrogens (primary N) is 1. The average Bonchev–Trinajstić information content (AvgIpc) is 2.68. The summed E-state index contributed by atoms with van der Waals surface area (Å²) in [5, 5.41) is 4.58. The van der Waals surface area contributed by atoms with Crippen LogP contribution in [0.2, 0.25) is 0 Å². The van der Waals surface area contributed by atoms with Crippen LogP contribution in [0.3, 0.4) is 0 Å². The molecular weight excluding hydrogens is 288 g/mol. The van der Waals surface area contributed by atoms with Crippen LogP contribution >= 0.6 is 15.9 Å². The molecule has 2 N–H and O–H groups in total. The molecule has 0 fully saturated rings. The van der Waals surface area contributed by atoms with Gasteiger partial charge < -0.3 is 15.0 Å². The fraction of sp³-hybridized carbons (Fsp3) is 0.273. The van der Waals surface area contributed by atoms with Gasteiger partial charge in [-0.05, 0) is 35.0 Å². The maximum atomic E-state index is 11.4. The molecule has 0 aliphatic carbocycles. The molecule has 0 saturated carbocycles. The summed E-state index contributed by atoms with van der Waals surface area (Å²) in [5.74, 6) is -0.336. The topological polar surface area (TPSA) is 78.3 Å². The van der Waals surface area contributed by atoms with Crippen LogP contribution in [-0.2, 0) is 16.0 Å². The lowest BCUT2D eigenvalue weighted by Crippen LogP contribution is -2.08. The number of benzene rings is 1. The van der Waals surface area contributed by atoms with Gasteiger partial charge in [-0.15, -0.1) is 0 Å². The molecular formula is C11H11BrN2O3. The third-order valence-electron chi connectivity index (χ3n) is 2.29. The van der Waals surface area contributed by atoms with E-state index >= 15 is 0 Å². The summed E-state index contributed by atoms with van der Waals surface area (Å²) in [6, 6.07) is 3.43. The Morgan fingerprint density at radius 3 is 3.06 bits per heavy atom. The highest BCUT2D eigenvalue weighted by molar-refractivity contribution is 9.10. The Bertz CT molecular complexity index is 565. The van der Waals surface area contributed by atoms with E-state index < -0.39 is 0 Å². The van der Waals surface area contributed by atoms with Gasteiger partial charge in [0.1, 0.15) is 5.69 Å². The van der Waals surface area contributed by atoms with E-state index in [0.29, 0.717) is 28.0 Å². The quantitative estimate of drug-likeness (QED) is 0.695.